The minimum atomic E-state index is -1.23. The normalized spacial score (nSPS) is 16.6. The molecule has 0 bridgehead atoms. The van der Waals surface area contributed by atoms with Gasteiger partial charge >= 0.3 is 5.97 Å². The highest BCUT2D eigenvalue weighted by Gasteiger charge is 2.38. The Hall–Kier alpha value is -4.65. The van der Waals surface area contributed by atoms with Crippen LogP contribution in [0.3, 0.4) is 0 Å². The molecule has 0 aliphatic carbocycles. The molecule has 0 spiro atoms. The highest BCUT2D eigenvalue weighted by atomic mass is 16.4. The number of carbonyl (C=O) groups is 4. The maximum absolute atomic E-state index is 13.5. The van der Waals surface area contributed by atoms with E-state index in [2.05, 4.69) is 15.6 Å². The van der Waals surface area contributed by atoms with Crippen molar-refractivity contribution in [2.75, 3.05) is 13.1 Å². The lowest BCUT2D eigenvalue weighted by Gasteiger charge is -2.29. The van der Waals surface area contributed by atoms with Crippen LogP contribution in [0.5, 0.6) is 5.75 Å². The van der Waals surface area contributed by atoms with Gasteiger partial charge in [0.05, 0.1) is 6.04 Å². The van der Waals surface area contributed by atoms with Gasteiger partial charge in [-0.3, -0.25) is 19.4 Å². The van der Waals surface area contributed by atoms with Crippen molar-refractivity contribution in [3.05, 3.63) is 65.7 Å². The van der Waals surface area contributed by atoms with Crippen molar-refractivity contribution in [2.45, 2.75) is 62.7 Å². The van der Waals surface area contributed by atoms with Crippen molar-refractivity contribution in [3.8, 4) is 5.75 Å². The summed E-state index contributed by atoms with van der Waals surface area (Å²) in [5.41, 5.74) is 18.3. The Balaban J connectivity index is 1.70. The van der Waals surface area contributed by atoms with E-state index in [0.29, 0.717) is 25.8 Å². The summed E-state index contributed by atoms with van der Waals surface area (Å²) < 4.78 is 0. The number of carboxylic acid groups (broad SMARTS) is 1. The first kappa shape index (κ1) is 31.9. The SMILES string of the molecule is NC(N)=NCCCC(NC(=O)C(Cc1ccccc1)NC(=O)C1CCCN1C(=O)C(N)Cc1ccc(O)cc1)C(=O)O. The molecule has 226 valence electrons. The van der Waals surface area contributed by atoms with Gasteiger partial charge in [-0.15, -0.1) is 0 Å². The van der Waals surface area contributed by atoms with Crippen LogP contribution in [-0.2, 0) is 32.0 Å². The second kappa shape index (κ2) is 15.4. The number of hydrogen-bond donors (Lipinski definition) is 7. The van der Waals surface area contributed by atoms with Gasteiger partial charge in [0.2, 0.25) is 17.7 Å². The van der Waals surface area contributed by atoms with Crippen molar-refractivity contribution in [3.63, 3.8) is 0 Å². The standard InChI is InChI=1S/C29H39N7O6/c30-21(16-19-10-12-20(37)13-11-19)27(40)36-15-5-9-24(36)26(39)35-23(17-18-6-2-1-3-7-18)25(38)34-22(28(41)42)8-4-14-33-29(31)32/h1-3,6-7,10-13,21-24,37H,4-5,8-9,14-17,30H2,(H,34,38)(H,35,39)(H,41,42)(H4,31,32,33). The number of benzene rings is 2. The fourth-order valence-electron chi connectivity index (χ4n) is 4.85. The number of nitrogens with zero attached hydrogens (tertiary/aromatic N) is 2. The Morgan fingerprint density at radius 1 is 0.952 bits per heavy atom. The molecule has 2 aromatic carbocycles. The molecule has 1 heterocycles. The number of phenolic OH excluding ortho intramolecular Hbond substituents is 1. The zero-order valence-corrected chi connectivity index (χ0v) is 23.3. The van der Waals surface area contributed by atoms with Crippen LogP contribution in [-0.4, -0.2) is 82.0 Å². The van der Waals surface area contributed by atoms with Gasteiger partial charge < -0.3 is 42.9 Å². The van der Waals surface area contributed by atoms with E-state index in [1.54, 1.807) is 36.4 Å². The van der Waals surface area contributed by atoms with Gasteiger partial charge in [0.15, 0.2) is 5.96 Å². The van der Waals surface area contributed by atoms with Gasteiger partial charge in [0.1, 0.15) is 23.9 Å². The number of hydrogen-bond acceptors (Lipinski definition) is 7. The quantitative estimate of drug-likeness (QED) is 0.0874. The molecule has 0 aromatic heterocycles. The molecule has 1 saturated heterocycles. The Kier molecular flexibility index (Phi) is 11.7. The van der Waals surface area contributed by atoms with E-state index in [0.717, 1.165) is 11.1 Å². The van der Waals surface area contributed by atoms with Crippen LogP contribution in [0.1, 0.15) is 36.8 Å². The summed E-state index contributed by atoms with van der Waals surface area (Å²) in [6, 6.07) is 11.3. The number of likely N-dealkylation sites (tertiary alicyclic amines) is 1. The number of aliphatic imine (C=N–C) groups is 1. The van der Waals surface area contributed by atoms with E-state index >= 15 is 0 Å². The lowest BCUT2D eigenvalue weighted by Crippen LogP contribution is -2.57. The number of rotatable bonds is 14. The number of carbonyl (C=O) groups excluding carboxylic acids is 3. The summed E-state index contributed by atoms with van der Waals surface area (Å²) in [4.78, 5) is 57.1. The molecule has 4 unspecified atom stereocenters. The zero-order valence-electron chi connectivity index (χ0n) is 23.3. The van der Waals surface area contributed by atoms with Gasteiger partial charge in [-0.25, -0.2) is 4.79 Å². The highest BCUT2D eigenvalue weighted by molar-refractivity contribution is 5.94. The molecule has 2 aromatic rings. The lowest BCUT2D eigenvalue weighted by molar-refractivity contribution is -0.143. The van der Waals surface area contributed by atoms with E-state index < -0.39 is 47.9 Å². The minimum Gasteiger partial charge on any atom is -0.508 e. The maximum Gasteiger partial charge on any atom is 0.326 e. The number of nitrogens with one attached hydrogen (secondary N) is 2. The number of amides is 3. The van der Waals surface area contributed by atoms with Gasteiger partial charge in [-0.05, 0) is 55.4 Å². The van der Waals surface area contributed by atoms with Crippen LogP contribution in [0.25, 0.3) is 0 Å². The van der Waals surface area contributed by atoms with Gasteiger partial charge in [-0.1, -0.05) is 42.5 Å². The molecule has 13 nitrogen and oxygen atoms in total. The van der Waals surface area contributed by atoms with Crippen LogP contribution in [0.4, 0.5) is 0 Å². The molecule has 3 rings (SSSR count). The third kappa shape index (κ3) is 9.47. The van der Waals surface area contributed by atoms with Crippen LogP contribution in [0, 0.1) is 0 Å². The first-order chi connectivity index (χ1) is 20.0. The smallest absolute Gasteiger partial charge is 0.326 e. The van der Waals surface area contributed by atoms with E-state index in [9.17, 15) is 29.4 Å². The summed E-state index contributed by atoms with van der Waals surface area (Å²) in [5.74, 6) is -2.82. The molecule has 1 aliphatic rings. The predicted octanol–water partition coefficient (Wildman–Crippen LogP) is -0.396. The third-order valence-electron chi connectivity index (χ3n) is 7.02. The number of aliphatic carboxylic acids is 1. The summed E-state index contributed by atoms with van der Waals surface area (Å²) in [7, 11) is 0. The van der Waals surface area contributed by atoms with E-state index in [4.69, 9.17) is 17.2 Å². The highest BCUT2D eigenvalue weighted by Crippen LogP contribution is 2.20. The van der Waals surface area contributed by atoms with Crippen molar-refractivity contribution in [2.24, 2.45) is 22.2 Å². The number of guanidine groups is 1. The number of carboxylic acids is 1. The molecule has 1 aliphatic heterocycles. The summed E-state index contributed by atoms with van der Waals surface area (Å²) >= 11 is 0. The molecule has 10 N–H and O–H groups in total. The largest absolute Gasteiger partial charge is 0.508 e. The van der Waals surface area contributed by atoms with Crippen molar-refractivity contribution < 1.29 is 29.4 Å². The van der Waals surface area contributed by atoms with Crippen LogP contribution in [0.15, 0.2) is 59.6 Å². The summed E-state index contributed by atoms with van der Waals surface area (Å²) in [6.07, 6.45) is 1.71. The molecule has 42 heavy (non-hydrogen) atoms. The lowest BCUT2D eigenvalue weighted by atomic mass is 10.0. The maximum atomic E-state index is 13.5. The zero-order chi connectivity index (χ0) is 30.6. The molecule has 13 heteroatoms. The predicted molar refractivity (Wildman–Crippen MR) is 156 cm³/mol. The first-order valence-corrected chi connectivity index (χ1v) is 13.8. The average Bonchev–Trinajstić information content (AvgIpc) is 3.45. The van der Waals surface area contributed by atoms with Crippen molar-refractivity contribution >= 4 is 29.7 Å². The van der Waals surface area contributed by atoms with Gasteiger partial charge in [0, 0.05) is 19.5 Å². The number of nitrogens with two attached hydrogens (primary N) is 3. The third-order valence-corrected chi connectivity index (χ3v) is 7.02. The molecule has 1 fully saturated rings. The number of aromatic hydroxyl groups is 1. The summed E-state index contributed by atoms with van der Waals surface area (Å²) in [5, 5.41) is 24.4. The minimum absolute atomic E-state index is 0.0771. The van der Waals surface area contributed by atoms with Crippen molar-refractivity contribution in [1.29, 1.82) is 0 Å². The topological polar surface area (TPSA) is 226 Å². The second-order valence-corrected chi connectivity index (χ2v) is 10.3. The van der Waals surface area contributed by atoms with Crippen LogP contribution in [0.2, 0.25) is 0 Å². The Bertz CT molecular complexity index is 1250. The monoisotopic (exact) mass is 581 g/mol. The Morgan fingerprint density at radius 2 is 1.62 bits per heavy atom. The molecular weight excluding hydrogens is 542 g/mol. The van der Waals surface area contributed by atoms with Crippen LogP contribution < -0.4 is 27.8 Å². The molecule has 4 atom stereocenters. The molecule has 3 amide bonds. The first-order valence-electron chi connectivity index (χ1n) is 13.8. The fourth-order valence-corrected chi connectivity index (χ4v) is 4.85. The Labute approximate surface area is 244 Å². The van der Waals surface area contributed by atoms with E-state index in [1.165, 1.54) is 17.0 Å². The average molecular weight is 582 g/mol. The molecular formula is C29H39N7O6. The molecule has 0 saturated carbocycles. The second-order valence-electron chi connectivity index (χ2n) is 10.3. The summed E-state index contributed by atoms with van der Waals surface area (Å²) in [6.45, 7) is 0.541. The molecule has 0 radical (unpaired) electrons. The van der Waals surface area contributed by atoms with E-state index in [1.807, 2.05) is 6.07 Å². The van der Waals surface area contributed by atoms with Gasteiger partial charge in [-0.2, -0.15) is 0 Å². The fraction of sp³-hybridized carbons (Fsp3) is 0.414. The Morgan fingerprint density at radius 3 is 2.26 bits per heavy atom. The van der Waals surface area contributed by atoms with Crippen LogP contribution >= 0.6 is 0 Å². The van der Waals surface area contributed by atoms with E-state index in [-0.39, 0.29) is 37.5 Å². The van der Waals surface area contributed by atoms with Crippen molar-refractivity contribution in [1.82, 2.24) is 15.5 Å². The number of phenols is 1. The van der Waals surface area contributed by atoms with Gasteiger partial charge in [0.25, 0.3) is 0 Å².